The molecular weight excluding hydrogens is 652 g/mol. The zero-order valence-corrected chi connectivity index (χ0v) is 31.6. The van der Waals surface area contributed by atoms with Gasteiger partial charge in [0, 0.05) is 30.7 Å². The smallest absolute Gasteiger partial charge is 0.351 e. The number of nitrogens with zero attached hydrogens (tertiary/aromatic N) is 1. The van der Waals surface area contributed by atoms with Gasteiger partial charge in [-0.15, -0.1) is 0 Å². The first-order valence-corrected chi connectivity index (χ1v) is 18.2. The van der Waals surface area contributed by atoms with Crippen molar-refractivity contribution in [1.82, 2.24) is 15.5 Å². The van der Waals surface area contributed by atoms with Gasteiger partial charge in [0.15, 0.2) is 0 Å². The second-order valence-electron chi connectivity index (χ2n) is 12.3. The summed E-state index contributed by atoms with van der Waals surface area (Å²) >= 11 is 3.26. The first-order valence-electron chi connectivity index (χ1n) is 16.9. The van der Waals surface area contributed by atoms with Gasteiger partial charge in [-0.1, -0.05) is 32.6 Å². The number of hydrogen-bond acceptors (Lipinski definition) is 7. The van der Waals surface area contributed by atoms with Gasteiger partial charge in [0.2, 0.25) is 6.17 Å². The molecule has 3 aliphatic rings. The highest BCUT2D eigenvalue weighted by Crippen LogP contribution is 2.36. The summed E-state index contributed by atoms with van der Waals surface area (Å²) in [5, 5.41) is 2.98. The number of ether oxygens (including phenoxy) is 2. The molecule has 2 saturated carbocycles. The fourth-order valence-corrected chi connectivity index (χ4v) is 6.49. The summed E-state index contributed by atoms with van der Waals surface area (Å²) in [7, 11) is 3.09. The van der Waals surface area contributed by atoms with Gasteiger partial charge >= 0.3 is 11.3 Å². The van der Waals surface area contributed by atoms with Crippen molar-refractivity contribution in [2.75, 3.05) is 47.1 Å². The van der Waals surface area contributed by atoms with Crippen molar-refractivity contribution in [2.24, 2.45) is 11.8 Å². The second-order valence-corrected chi connectivity index (χ2v) is 14.6. The monoisotopic (exact) mass is 714 g/mol. The Kier molecular flexibility index (Phi) is 24.8. The van der Waals surface area contributed by atoms with Gasteiger partial charge in [-0.05, 0) is 110 Å². The minimum Gasteiger partial charge on any atom is -0.465 e. The van der Waals surface area contributed by atoms with E-state index in [4.69, 9.17) is 4.74 Å². The van der Waals surface area contributed by atoms with E-state index in [1.54, 1.807) is 0 Å². The van der Waals surface area contributed by atoms with E-state index in [-0.39, 0.29) is 29.3 Å². The van der Waals surface area contributed by atoms with Gasteiger partial charge in [0.25, 0.3) is 6.47 Å². The van der Waals surface area contributed by atoms with E-state index in [2.05, 4.69) is 65.7 Å². The van der Waals surface area contributed by atoms with Crippen LogP contribution in [0, 0.1) is 11.8 Å². The molecule has 8 nitrogen and oxygen atoms in total. The third-order valence-electron chi connectivity index (χ3n) is 8.52. The zero-order chi connectivity index (χ0) is 35.9. The Morgan fingerprint density at radius 1 is 1.06 bits per heavy atom. The minimum atomic E-state index is -3.70. The van der Waals surface area contributed by atoms with E-state index >= 15 is 0 Å². The van der Waals surface area contributed by atoms with Gasteiger partial charge in [0.05, 0.1) is 32.4 Å². The van der Waals surface area contributed by atoms with E-state index in [1.165, 1.54) is 50.5 Å². The standard InChI is InChI=1S/C19H35N3O2.C8H14S.C5H7F3O3S.C2H6/c1-20-17-6-2-15(3-7-17)14-16-4-8-18(9-5-16)21-19(23)22-10-12-24-13-11-22;1-5-7(6-2)8(3,4)9;1-10-12-5(7,8)4(6)2-11-3-9;1-2/h15-18,20H,2-14H2,1H3,(H,21,23);5-6,9H,1H2,2-4H3;3-4H,2H2,1H3;1-2H3/p+1/b;7-6+;;. The number of nitrogens with one attached hydrogen (secondary N) is 2. The highest BCUT2D eigenvalue weighted by Gasteiger charge is 2.42. The van der Waals surface area contributed by atoms with Crippen LogP contribution in [-0.4, -0.2) is 92.7 Å². The Morgan fingerprint density at radius 3 is 1.96 bits per heavy atom. The molecule has 0 aromatic heterocycles. The predicted octanol–water partition coefficient (Wildman–Crippen LogP) is 7.08. The molecule has 2 aliphatic carbocycles. The van der Waals surface area contributed by atoms with Crippen LogP contribution in [0.5, 0.6) is 0 Å². The summed E-state index contributed by atoms with van der Waals surface area (Å²) < 4.78 is 50.4. The number of carbonyl (C=O) groups is 2. The van der Waals surface area contributed by atoms with Gasteiger partial charge in [-0.25, -0.2) is 9.18 Å². The Balaban J connectivity index is 0.000000772. The molecule has 1 atom stereocenters. The fraction of sp³-hybridized carbons (Fsp3) is 0.824. The summed E-state index contributed by atoms with van der Waals surface area (Å²) in [5.74, 6) is 1.83. The topological polar surface area (TPSA) is 89.1 Å². The largest absolute Gasteiger partial charge is 0.465 e. The van der Waals surface area contributed by atoms with Gasteiger partial charge in [0.1, 0.15) is 11.4 Å². The maximum absolute atomic E-state index is 12.4. The van der Waals surface area contributed by atoms with Crippen LogP contribution in [0.4, 0.5) is 18.0 Å². The number of alkyl halides is 3. The van der Waals surface area contributed by atoms with Gasteiger partial charge in [-0.2, -0.15) is 8.78 Å². The second kappa shape index (κ2) is 25.5. The average Bonchev–Trinajstić information content (AvgIpc) is 3.06. The molecule has 0 aromatic carbocycles. The molecule has 1 saturated heterocycles. The predicted molar refractivity (Wildman–Crippen MR) is 192 cm³/mol. The molecule has 0 spiro atoms. The van der Waals surface area contributed by atoms with Crippen LogP contribution in [0.2, 0.25) is 0 Å². The number of halogens is 3. The van der Waals surface area contributed by atoms with E-state index in [0.717, 1.165) is 50.9 Å². The summed E-state index contributed by atoms with van der Waals surface area (Å²) in [4.78, 5) is 23.7. The highest BCUT2D eigenvalue weighted by atomic mass is 32.2. The average molecular weight is 715 g/mol. The lowest BCUT2D eigenvalue weighted by atomic mass is 9.76. The SMILES string of the molecule is C=C/C(=C\C)C(C)(C)[SH2+].CC.CNC1CCC(CC2CCC(NC(=O)N3CCOCC3)CC2)CC1.COSC(F)(F)C(F)COC=O. The molecule has 0 aromatic rings. The van der Waals surface area contributed by atoms with Crippen molar-refractivity contribution in [3.05, 3.63) is 24.3 Å². The van der Waals surface area contributed by atoms with Crippen LogP contribution in [-0.2, 0) is 31.1 Å². The van der Waals surface area contributed by atoms with Crippen LogP contribution in [0.3, 0.4) is 0 Å². The lowest BCUT2D eigenvalue weighted by Crippen LogP contribution is -2.49. The van der Waals surface area contributed by atoms with Crippen LogP contribution in [0.15, 0.2) is 24.3 Å². The number of hydrogen-bond donors (Lipinski definition) is 2. The van der Waals surface area contributed by atoms with E-state index in [0.29, 0.717) is 19.3 Å². The number of urea groups is 1. The first kappa shape index (κ1) is 45.6. The van der Waals surface area contributed by atoms with E-state index < -0.39 is 18.0 Å². The highest BCUT2D eigenvalue weighted by molar-refractivity contribution is 7.95. The quantitative estimate of drug-likeness (QED) is 0.0968. The van der Waals surface area contributed by atoms with E-state index in [1.807, 2.05) is 31.7 Å². The molecule has 0 radical (unpaired) electrons. The zero-order valence-electron chi connectivity index (χ0n) is 29.8. The normalized spacial score (nSPS) is 24.1. The number of rotatable bonds is 12. The molecular formula is C34H63F3N3O5S2+. The van der Waals surface area contributed by atoms with Crippen molar-refractivity contribution >= 4 is 37.2 Å². The van der Waals surface area contributed by atoms with Crippen LogP contribution >= 0.6 is 12.0 Å². The molecule has 1 unspecified atom stereocenters. The molecule has 3 fully saturated rings. The van der Waals surface area contributed by atoms with Crippen molar-refractivity contribution in [2.45, 2.75) is 121 Å². The van der Waals surface area contributed by atoms with Crippen molar-refractivity contribution in [3.63, 3.8) is 0 Å². The molecule has 3 rings (SSSR count). The van der Waals surface area contributed by atoms with Gasteiger partial charge in [-0.3, -0.25) is 4.79 Å². The summed E-state index contributed by atoms with van der Waals surface area (Å²) in [6.45, 7) is 15.6. The lowest BCUT2D eigenvalue weighted by Gasteiger charge is -2.35. The maximum Gasteiger partial charge on any atom is 0.351 e. The van der Waals surface area contributed by atoms with Gasteiger partial charge < -0.3 is 29.2 Å². The van der Waals surface area contributed by atoms with Crippen molar-refractivity contribution < 1.29 is 36.4 Å². The molecule has 2 N–H and O–H groups in total. The molecule has 1 aliphatic heterocycles. The minimum absolute atomic E-state index is 0.0660. The maximum atomic E-state index is 12.4. The molecule has 1 heterocycles. The van der Waals surface area contributed by atoms with Crippen molar-refractivity contribution in [3.8, 4) is 0 Å². The fourth-order valence-electron chi connectivity index (χ4n) is 5.85. The third-order valence-corrected chi connectivity index (χ3v) is 9.45. The molecule has 47 heavy (non-hydrogen) atoms. The Morgan fingerprint density at radius 2 is 1.57 bits per heavy atom. The van der Waals surface area contributed by atoms with E-state index in [9.17, 15) is 22.8 Å². The Hall–Kier alpha value is -1.41. The number of morpholine rings is 1. The summed E-state index contributed by atoms with van der Waals surface area (Å²) in [6.07, 6.45) is 13.2. The summed E-state index contributed by atoms with van der Waals surface area (Å²) in [6, 6.07) is 1.26. The Bertz CT molecular complexity index is 874. The number of allylic oxidation sites excluding steroid dienone is 2. The molecule has 13 heteroatoms. The lowest BCUT2D eigenvalue weighted by molar-refractivity contribution is -0.133. The first-order chi connectivity index (χ1) is 22.3. The third kappa shape index (κ3) is 19.4. The number of amides is 2. The summed E-state index contributed by atoms with van der Waals surface area (Å²) in [5.41, 5.74) is 1.22. The van der Waals surface area contributed by atoms with Crippen molar-refractivity contribution in [1.29, 1.82) is 0 Å². The number of carbonyl (C=O) groups excluding carboxylic acids is 2. The van der Waals surface area contributed by atoms with Crippen LogP contribution < -0.4 is 10.6 Å². The van der Waals surface area contributed by atoms with Crippen LogP contribution in [0.25, 0.3) is 0 Å². The molecule has 2 amide bonds. The molecule has 276 valence electrons. The Labute approximate surface area is 292 Å². The molecule has 0 bridgehead atoms. The van der Waals surface area contributed by atoms with Crippen LogP contribution in [0.1, 0.15) is 92.4 Å².